The molecular weight excluding hydrogens is 370 g/mol. The molecule has 1 atom stereocenters. The van der Waals surface area contributed by atoms with Crippen LogP contribution in [0.4, 0.5) is 5.69 Å². The third-order valence-corrected chi connectivity index (χ3v) is 5.25. The lowest BCUT2D eigenvalue weighted by atomic mass is 9.99. The van der Waals surface area contributed by atoms with Gasteiger partial charge in [-0.05, 0) is 66.8 Å². The van der Waals surface area contributed by atoms with Gasteiger partial charge in [0.15, 0.2) is 0 Å². The van der Waals surface area contributed by atoms with Crippen LogP contribution in [0.2, 0.25) is 5.02 Å². The fourth-order valence-corrected chi connectivity index (χ4v) is 3.00. The first kappa shape index (κ1) is 20.0. The first-order chi connectivity index (χ1) is 13.5. The minimum atomic E-state index is -0.201. The normalized spacial score (nSPS) is 12.3. The molecule has 0 saturated carbocycles. The molecule has 0 spiro atoms. The number of halogens is 1. The van der Waals surface area contributed by atoms with E-state index in [9.17, 15) is 4.79 Å². The Balaban J connectivity index is 1.63. The highest BCUT2D eigenvalue weighted by atomic mass is 35.5. The molecule has 144 valence electrons. The Morgan fingerprint density at radius 2 is 1.89 bits per heavy atom. The van der Waals surface area contributed by atoms with Gasteiger partial charge < -0.3 is 9.73 Å². The summed E-state index contributed by atoms with van der Waals surface area (Å²) < 4.78 is 5.79. The van der Waals surface area contributed by atoms with Crippen molar-refractivity contribution in [2.45, 2.75) is 33.1 Å². The van der Waals surface area contributed by atoms with Crippen molar-refractivity contribution in [3.8, 4) is 11.3 Å². The Bertz CT molecular complexity index is 986. The fourth-order valence-electron chi connectivity index (χ4n) is 2.82. The van der Waals surface area contributed by atoms with Crippen molar-refractivity contribution >= 4 is 29.3 Å². The number of anilines is 1. The SMILES string of the molecule is CC[C@@H](C)c1ccc(NC(=O)/C=C/c2ccc(-c3ccc(C)c(Cl)c3)o2)cc1. The zero-order valence-electron chi connectivity index (χ0n) is 16.3. The van der Waals surface area contributed by atoms with Crippen LogP contribution in [0.3, 0.4) is 0 Å². The number of rotatable bonds is 6. The molecule has 0 aliphatic heterocycles. The maximum absolute atomic E-state index is 12.2. The molecule has 3 nitrogen and oxygen atoms in total. The van der Waals surface area contributed by atoms with Gasteiger partial charge in [0.25, 0.3) is 0 Å². The summed E-state index contributed by atoms with van der Waals surface area (Å²) in [6, 6.07) is 17.5. The van der Waals surface area contributed by atoms with Crippen LogP contribution in [0.1, 0.15) is 43.1 Å². The van der Waals surface area contributed by atoms with Gasteiger partial charge in [0.1, 0.15) is 11.5 Å². The zero-order chi connectivity index (χ0) is 20.1. The number of aryl methyl sites for hydroxylation is 1. The predicted octanol–water partition coefficient (Wildman–Crippen LogP) is 7.07. The summed E-state index contributed by atoms with van der Waals surface area (Å²) in [6.45, 7) is 6.32. The van der Waals surface area contributed by atoms with Crippen molar-refractivity contribution in [2.24, 2.45) is 0 Å². The number of furan rings is 1. The largest absolute Gasteiger partial charge is 0.457 e. The number of carbonyl (C=O) groups is 1. The summed E-state index contributed by atoms with van der Waals surface area (Å²) in [5, 5.41) is 3.56. The summed E-state index contributed by atoms with van der Waals surface area (Å²) in [4.78, 5) is 12.2. The van der Waals surface area contributed by atoms with E-state index in [-0.39, 0.29) is 5.91 Å². The molecule has 28 heavy (non-hydrogen) atoms. The standard InChI is InChI=1S/C24H24ClNO2/c1-4-16(2)18-7-9-20(10-8-18)26-24(27)14-12-21-11-13-23(28-21)19-6-5-17(3)22(25)15-19/h5-16H,4H2,1-3H3,(H,26,27)/b14-12+/t16-/m1/s1. The van der Waals surface area contributed by atoms with E-state index in [1.54, 1.807) is 6.08 Å². The first-order valence-corrected chi connectivity index (χ1v) is 9.79. The summed E-state index contributed by atoms with van der Waals surface area (Å²) in [5.74, 6) is 1.63. The van der Waals surface area contributed by atoms with Gasteiger partial charge >= 0.3 is 0 Å². The van der Waals surface area contributed by atoms with E-state index in [2.05, 4.69) is 31.3 Å². The van der Waals surface area contributed by atoms with Gasteiger partial charge in [-0.1, -0.05) is 49.7 Å². The molecular formula is C24H24ClNO2. The molecule has 2 aromatic carbocycles. The molecule has 1 heterocycles. The molecule has 3 rings (SSSR count). The number of nitrogens with one attached hydrogen (secondary N) is 1. The van der Waals surface area contributed by atoms with Crippen molar-refractivity contribution in [3.63, 3.8) is 0 Å². The Hall–Kier alpha value is -2.78. The highest BCUT2D eigenvalue weighted by molar-refractivity contribution is 6.31. The Kier molecular flexibility index (Phi) is 6.37. The summed E-state index contributed by atoms with van der Waals surface area (Å²) >= 11 is 6.18. The average molecular weight is 394 g/mol. The zero-order valence-corrected chi connectivity index (χ0v) is 17.1. The molecule has 0 fully saturated rings. The lowest BCUT2D eigenvalue weighted by molar-refractivity contribution is -0.111. The van der Waals surface area contributed by atoms with Gasteiger partial charge in [-0.25, -0.2) is 0 Å². The minimum absolute atomic E-state index is 0.201. The van der Waals surface area contributed by atoms with Crippen LogP contribution < -0.4 is 5.32 Å². The molecule has 4 heteroatoms. The smallest absolute Gasteiger partial charge is 0.248 e. The molecule has 0 saturated heterocycles. The first-order valence-electron chi connectivity index (χ1n) is 9.41. The topological polar surface area (TPSA) is 42.2 Å². The highest BCUT2D eigenvalue weighted by Crippen LogP contribution is 2.27. The van der Waals surface area contributed by atoms with Crippen molar-refractivity contribution in [1.29, 1.82) is 0 Å². The van der Waals surface area contributed by atoms with Crippen molar-refractivity contribution in [1.82, 2.24) is 0 Å². The van der Waals surface area contributed by atoms with E-state index in [1.807, 2.05) is 49.4 Å². The molecule has 1 amide bonds. The maximum Gasteiger partial charge on any atom is 0.248 e. The second-order valence-electron chi connectivity index (χ2n) is 6.92. The van der Waals surface area contributed by atoms with E-state index in [4.69, 9.17) is 16.0 Å². The number of carbonyl (C=O) groups excluding carboxylic acids is 1. The molecule has 0 radical (unpaired) electrons. The number of hydrogen-bond acceptors (Lipinski definition) is 2. The predicted molar refractivity (Wildman–Crippen MR) is 117 cm³/mol. The van der Waals surface area contributed by atoms with E-state index in [0.717, 1.165) is 23.2 Å². The second kappa shape index (κ2) is 8.94. The number of amides is 1. The van der Waals surface area contributed by atoms with Crippen LogP contribution >= 0.6 is 11.6 Å². The molecule has 0 unspecified atom stereocenters. The average Bonchev–Trinajstić information content (AvgIpc) is 3.17. The van der Waals surface area contributed by atoms with Gasteiger partial charge in [-0.3, -0.25) is 4.79 Å². The molecule has 0 aliphatic carbocycles. The number of benzene rings is 2. The molecule has 0 aliphatic rings. The van der Waals surface area contributed by atoms with Crippen LogP contribution in [0.5, 0.6) is 0 Å². The Morgan fingerprint density at radius 1 is 1.14 bits per heavy atom. The van der Waals surface area contributed by atoms with E-state index >= 15 is 0 Å². The number of hydrogen-bond donors (Lipinski definition) is 1. The summed E-state index contributed by atoms with van der Waals surface area (Å²) in [6.07, 6.45) is 4.21. The van der Waals surface area contributed by atoms with Crippen molar-refractivity contribution in [3.05, 3.63) is 82.6 Å². The van der Waals surface area contributed by atoms with Gasteiger partial charge in [0, 0.05) is 22.3 Å². The molecule has 1 N–H and O–H groups in total. The van der Waals surface area contributed by atoms with Crippen LogP contribution in [0.25, 0.3) is 17.4 Å². The third kappa shape index (κ3) is 4.93. The van der Waals surface area contributed by atoms with Gasteiger partial charge in [0.05, 0.1) is 0 Å². The van der Waals surface area contributed by atoms with Gasteiger partial charge in [-0.15, -0.1) is 0 Å². The Morgan fingerprint density at radius 3 is 2.57 bits per heavy atom. The molecule has 0 bridgehead atoms. The van der Waals surface area contributed by atoms with E-state index in [1.165, 1.54) is 11.6 Å². The minimum Gasteiger partial charge on any atom is -0.457 e. The second-order valence-corrected chi connectivity index (χ2v) is 7.33. The van der Waals surface area contributed by atoms with Crippen LogP contribution in [0, 0.1) is 6.92 Å². The fraction of sp³-hybridized carbons (Fsp3) is 0.208. The maximum atomic E-state index is 12.2. The highest BCUT2D eigenvalue weighted by Gasteiger charge is 2.06. The monoisotopic (exact) mass is 393 g/mol. The molecule has 1 aromatic heterocycles. The van der Waals surface area contributed by atoms with Gasteiger partial charge in [0.2, 0.25) is 5.91 Å². The van der Waals surface area contributed by atoms with E-state index in [0.29, 0.717) is 22.5 Å². The molecule has 3 aromatic rings. The van der Waals surface area contributed by atoms with Crippen LogP contribution in [-0.4, -0.2) is 5.91 Å². The Labute approximate surface area is 171 Å². The summed E-state index contributed by atoms with van der Waals surface area (Å²) in [7, 11) is 0. The lowest BCUT2D eigenvalue weighted by Crippen LogP contribution is -2.07. The van der Waals surface area contributed by atoms with Crippen LogP contribution in [0.15, 0.2) is 65.1 Å². The van der Waals surface area contributed by atoms with Crippen LogP contribution in [-0.2, 0) is 4.79 Å². The quantitative estimate of drug-likeness (QED) is 0.455. The summed E-state index contributed by atoms with van der Waals surface area (Å²) in [5.41, 5.74) is 3.97. The third-order valence-electron chi connectivity index (χ3n) is 4.84. The van der Waals surface area contributed by atoms with Gasteiger partial charge in [-0.2, -0.15) is 0 Å². The van der Waals surface area contributed by atoms with Crippen molar-refractivity contribution in [2.75, 3.05) is 5.32 Å². The van der Waals surface area contributed by atoms with Crippen molar-refractivity contribution < 1.29 is 9.21 Å². The lowest BCUT2D eigenvalue weighted by Gasteiger charge is -2.09. The van der Waals surface area contributed by atoms with E-state index < -0.39 is 0 Å².